The first-order chi connectivity index (χ1) is 14.6. The molecule has 1 saturated heterocycles. The van der Waals surface area contributed by atoms with E-state index in [9.17, 15) is 14.3 Å². The molecular weight excluding hydrogens is 383 g/mol. The smallest absolute Gasteiger partial charge is 0.253 e. The number of aliphatic hydroxyl groups excluding tert-OH is 1. The van der Waals surface area contributed by atoms with Gasteiger partial charge >= 0.3 is 0 Å². The molecule has 1 unspecified atom stereocenters. The molecule has 30 heavy (non-hydrogen) atoms. The number of hydrogen-bond donors (Lipinski definition) is 1. The Morgan fingerprint density at radius 3 is 2.47 bits per heavy atom. The van der Waals surface area contributed by atoms with Crippen molar-refractivity contribution >= 4 is 5.91 Å². The van der Waals surface area contributed by atoms with Crippen LogP contribution in [0.3, 0.4) is 0 Å². The van der Waals surface area contributed by atoms with E-state index in [4.69, 9.17) is 4.74 Å². The van der Waals surface area contributed by atoms with Crippen LogP contribution in [-0.2, 0) is 0 Å². The maximum absolute atomic E-state index is 13.0. The summed E-state index contributed by atoms with van der Waals surface area (Å²) in [5.74, 6) is 0.322. The van der Waals surface area contributed by atoms with Crippen molar-refractivity contribution in [3.63, 3.8) is 0 Å². The molecule has 1 N–H and O–H groups in total. The molecule has 0 aliphatic carbocycles. The molecule has 162 valence electrons. The van der Waals surface area contributed by atoms with Crippen LogP contribution in [0.1, 0.15) is 36.5 Å². The number of likely N-dealkylation sites (tertiary alicyclic amines) is 1. The van der Waals surface area contributed by atoms with Crippen molar-refractivity contribution < 1.29 is 19.0 Å². The zero-order valence-corrected chi connectivity index (χ0v) is 17.5. The largest absolute Gasteiger partial charge is 0.491 e. The van der Waals surface area contributed by atoms with Gasteiger partial charge in [-0.25, -0.2) is 4.39 Å². The number of carbonyl (C=O) groups is 1. The minimum atomic E-state index is -0.634. The Morgan fingerprint density at radius 1 is 1.17 bits per heavy atom. The Labute approximate surface area is 178 Å². The molecular formula is C24H31FN2O3. The third-order valence-electron chi connectivity index (χ3n) is 5.50. The van der Waals surface area contributed by atoms with Gasteiger partial charge in [0.25, 0.3) is 5.91 Å². The van der Waals surface area contributed by atoms with Gasteiger partial charge in [-0.3, -0.25) is 9.69 Å². The van der Waals surface area contributed by atoms with E-state index in [1.807, 2.05) is 35.2 Å². The average molecular weight is 415 g/mol. The summed E-state index contributed by atoms with van der Waals surface area (Å²) < 4.78 is 18.6. The lowest BCUT2D eigenvalue weighted by atomic mass is 10.0. The number of piperidine rings is 1. The van der Waals surface area contributed by atoms with Crippen LogP contribution < -0.4 is 4.74 Å². The molecule has 0 saturated carbocycles. The molecule has 2 aromatic carbocycles. The van der Waals surface area contributed by atoms with E-state index < -0.39 is 6.10 Å². The summed E-state index contributed by atoms with van der Waals surface area (Å²) in [6.45, 7) is 5.15. The van der Waals surface area contributed by atoms with E-state index in [2.05, 4.69) is 11.8 Å². The van der Waals surface area contributed by atoms with Crippen molar-refractivity contribution in [2.45, 2.75) is 38.3 Å². The third kappa shape index (κ3) is 6.28. The second-order valence-corrected chi connectivity index (χ2v) is 7.80. The Morgan fingerprint density at radius 2 is 1.83 bits per heavy atom. The summed E-state index contributed by atoms with van der Waals surface area (Å²) >= 11 is 0. The van der Waals surface area contributed by atoms with Crippen LogP contribution in [-0.4, -0.2) is 65.7 Å². The average Bonchev–Trinajstić information content (AvgIpc) is 2.78. The number of nitrogens with zero attached hydrogens (tertiary/aromatic N) is 2. The molecule has 1 aliphatic rings. The third-order valence-corrected chi connectivity index (χ3v) is 5.50. The molecule has 1 fully saturated rings. The van der Waals surface area contributed by atoms with Gasteiger partial charge in [0.2, 0.25) is 0 Å². The van der Waals surface area contributed by atoms with Gasteiger partial charge in [0.05, 0.1) is 0 Å². The van der Waals surface area contributed by atoms with Gasteiger partial charge in [-0.15, -0.1) is 0 Å². The molecule has 0 spiro atoms. The highest BCUT2D eigenvalue weighted by Crippen LogP contribution is 2.20. The number of carbonyl (C=O) groups excluding carboxylic acids is 1. The minimum Gasteiger partial charge on any atom is -0.491 e. The Bertz CT molecular complexity index is 777. The van der Waals surface area contributed by atoms with Gasteiger partial charge in [0.1, 0.15) is 24.3 Å². The lowest BCUT2D eigenvalue weighted by molar-refractivity contribution is 0.0322. The first kappa shape index (κ1) is 22.2. The summed E-state index contributed by atoms with van der Waals surface area (Å²) in [5.41, 5.74) is 0.731. The number of rotatable bonds is 9. The summed E-state index contributed by atoms with van der Waals surface area (Å²) in [6.07, 6.45) is 2.15. The summed E-state index contributed by atoms with van der Waals surface area (Å²) in [6, 6.07) is 15.5. The van der Waals surface area contributed by atoms with Gasteiger partial charge < -0.3 is 14.7 Å². The second-order valence-electron chi connectivity index (χ2n) is 7.80. The van der Waals surface area contributed by atoms with E-state index in [0.717, 1.165) is 44.5 Å². The summed E-state index contributed by atoms with van der Waals surface area (Å²) in [7, 11) is 0. The van der Waals surface area contributed by atoms with E-state index >= 15 is 0 Å². The van der Waals surface area contributed by atoms with Crippen LogP contribution in [0.15, 0.2) is 54.6 Å². The second kappa shape index (κ2) is 11.1. The van der Waals surface area contributed by atoms with Crippen LogP contribution in [0, 0.1) is 5.82 Å². The van der Waals surface area contributed by atoms with Crippen molar-refractivity contribution in [2.24, 2.45) is 0 Å². The molecule has 0 aromatic heterocycles. The molecule has 1 heterocycles. The predicted molar refractivity (Wildman–Crippen MR) is 115 cm³/mol. The SMILES string of the molecule is CCCN(CC(O)COc1ccc(F)cc1)C1CCN(C(=O)c2ccccc2)CC1. The van der Waals surface area contributed by atoms with Crippen LogP contribution >= 0.6 is 0 Å². The van der Waals surface area contributed by atoms with E-state index in [1.54, 1.807) is 12.1 Å². The standard InChI is InChI=1S/C24H31FN2O3/c1-2-14-27(17-22(28)18-30-23-10-8-20(25)9-11-23)21-12-15-26(16-13-21)24(29)19-6-4-3-5-7-19/h3-11,21-22,28H,2,12-18H2,1H3. The highest BCUT2D eigenvalue weighted by Gasteiger charge is 2.28. The lowest BCUT2D eigenvalue weighted by Gasteiger charge is -2.39. The van der Waals surface area contributed by atoms with E-state index in [-0.39, 0.29) is 18.3 Å². The maximum atomic E-state index is 13.0. The summed E-state index contributed by atoms with van der Waals surface area (Å²) in [5, 5.41) is 10.5. The number of ether oxygens (including phenoxy) is 1. The van der Waals surface area contributed by atoms with Crippen molar-refractivity contribution in [3.05, 3.63) is 66.0 Å². The zero-order chi connectivity index (χ0) is 21.3. The van der Waals surface area contributed by atoms with Gasteiger partial charge in [-0.1, -0.05) is 25.1 Å². The fourth-order valence-electron chi connectivity index (χ4n) is 3.95. The van der Waals surface area contributed by atoms with Crippen molar-refractivity contribution in [3.8, 4) is 5.75 Å². The Hall–Kier alpha value is -2.44. The fraction of sp³-hybridized carbons (Fsp3) is 0.458. The van der Waals surface area contributed by atoms with Gasteiger partial charge in [-0.05, 0) is 62.2 Å². The molecule has 0 radical (unpaired) electrons. The number of benzene rings is 2. The molecule has 3 rings (SSSR count). The van der Waals surface area contributed by atoms with Crippen LogP contribution in [0.25, 0.3) is 0 Å². The first-order valence-electron chi connectivity index (χ1n) is 10.7. The normalized spacial score (nSPS) is 15.9. The van der Waals surface area contributed by atoms with E-state index in [1.165, 1.54) is 12.1 Å². The zero-order valence-electron chi connectivity index (χ0n) is 17.5. The first-order valence-corrected chi connectivity index (χ1v) is 10.7. The van der Waals surface area contributed by atoms with Gasteiger partial charge in [-0.2, -0.15) is 0 Å². The van der Waals surface area contributed by atoms with Gasteiger partial charge in [0, 0.05) is 31.2 Å². The highest BCUT2D eigenvalue weighted by atomic mass is 19.1. The Kier molecular flexibility index (Phi) is 8.22. The number of halogens is 1. The van der Waals surface area contributed by atoms with Crippen LogP contribution in [0.2, 0.25) is 0 Å². The molecule has 5 nitrogen and oxygen atoms in total. The monoisotopic (exact) mass is 414 g/mol. The van der Waals surface area contributed by atoms with Crippen LogP contribution in [0.4, 0.5) is 4.39 Å². The molecule has 6 heteroatoms. The quantitative estimate of drug-likeness (QED) is 0.682. The maximum Gasteiger partial charge on any atom is 0.253 e. The highest BCUT2D eigenvalue weighted by molar-refractivity contribution is 5.94. The fourth-order valence-corrected chi connectivity index (χ4v) is 3.95. The molecule has 2 aromatic rings. The van der Waals surface area contributed by atoms with Crippen molar-refractivity contribution in [1.82, 2.24) is 9.80 Å². The topological polar surface area (TPSA) is 53.0 Å². The lowest BCUT2D eigenvalue weighted by Crippen LogP contribution is -2.49. The predicted octanol–water partition coefficient (Wildman–Crippen LogP) is 3.58. The van der Waals surface area contributed by atoms with Gasteiger partial charge in [0.15, 0.2) is 0 Å². The number of amides is 1. The molecule has 1 aliphatic heterocycles. The summed E-state index contributed by atoms with van der Waals surface area (Å²) in [4.78, 5) is 16.9. The molecule has 1 atom stereocenters. The van der Waals surface area contributed by atoms with Crippen LogP contribution in [0.5, 0.6) is 5.75 Å². The molecule has 1 amide bonds. The number of aliphatic hydroxyl groups is 1. The van der Waals surface area contributed by atoms with Crippen molar-refractivity contribution in [2.75, 3.05) is 32.8 Å². The minimum absolute atomic E-state index is 0.0869. The van der Waals surface area contributed by atoms with E-state index in [0.29, 0.717) is 18.3 Å². The van der Waals surface area contributed by atoms with Crippen molar-refractivity contribution in [1.29, 1.82) is 0 Å². The number of hydrogen-bond acceptors (Lipinski definition) is 4. The Balaban J connectivity index is 1.48. The molecule has 0 bridgehead atoms.